The number of carbonyl (C=O) groups excluding carboxylic acids is 1. The summed E-state index contributed by atoms with van der Waals surface area (Å²) >= 11 is 0. The van der Waals surface area contributed by atoms with Gasteiger partial charge in [-0.3, -0.25) is 9.88 Å². The number of likely N-dealkylation sites (tertiary alicyclic amines) is 2. The van der Waals surface area contributed by atoms with Gasteiger partial charge in [-0.05, 0) is 76.6 Å². The van der Waals surface area contributed by atoms with Crippen molar-refractivity contribution in [3.05, 3.63) is 60.4 Å². The summed E-state index contributed by atoms with van der Waals surface area (Å²) in [6.45, 7) is 6.23. The standard InChI is InChI=1S/C34H34N8O4/c1-33(2,3)46-32(45)42-26-12-19(26)13-27(42)29-38-21-7-5-18(11-23(21)39-29)24-15-35-22-10-17(4-6-20(22)37-24)25-16-36-30(40-25)34-8-9-41(31(43)44)28(34)14-34/h4-7,10-11,15-16,19,26-28H,8-9,12-14H2,1-3H3,(H,36,40)(H,38,39)(H,43,44)/t19-,26-,27+,28?,34?/m1/s1. The van der Waals surface area contributed by atoms with E-state index in [0.717, 1.165) is 81.9 Å². The van der Waals surface area contributed by atoms with E-state index >= 15 is 0 Å². The topological polar surface area (TPSA) is 153 Å². The summed E-state index contributed by atoms with van der Waals surface area (Å²) in [5.74, 6) is 2.15. The number of nitrogens with one attached hydrogen (secondary N) is 2. The van der Waals surface area contributed by atoms with Gasteiger partial charge in [-0.25, -0.2) is 24.5 Å². The molecule has 12 nitrogen and oxygen atoms in total. The van der Waals surface area contributed by atoms with Crippen LogP contribution in [0.2, 0.25) is 0 Å². The number of rotatable bonds is 4. The lowest BCUT2D eigenvalue weighted by atomic mass is 10.0. The molecular formula is C34H34N8O4. The Morgan fingerprint density at radius 2 is 1.80 bits per heavy atom. The molecule has 5 atom stereocenters. The van der Waals surface area contributed by atoms with Gasteiger partial charge in [0.05, 0.1) is 57.3 Å². The molecule has 4 aliphatic rings. The normalized spacial score (nSPS) is 26.4. The maximum Gasteiger partial charge on any atom is 0.411 e. The van der Waals surface area contributed by atoms with E-state index < -0.39 is 11.7 Å². The molecule has 3 aromatic heterocycles. The number of hydrogen-bond acceptors (Lipinski definition) is 7. The molecule has 2 saturated heterocycles. The monoisotopic (exact) mass is 618 g/mol. The van der Waals surface area contributed by atoms with Crippen LogP contribution < -0.4 is 0 Å². The van der Waals surface area contributed by atoms with Gasteiger partial charge in [0.25, 0.3) is 0 Å². The minimum atomic E-state index is -0.857. The van der Waals surface area contributed by atoms with E-state index in [1.807, 2.05) is 68.3 Å². The van der Waals surface area contributed by atoms with Gasteiger partial charge in [0.2, 0.25) is 0 Å². The fourth-order valence-electron chi connectivity index (χ4n) is 7.70. The first kappa shape index (κ1) is 27.3. The molecule has 2 unspecified atom stereocenters. The number of ether oxygens (including phenoxy) is 1. The molecule has 2 aliphatic heterocycles. The zero-order chi connectivity index (χ0) is 31.5. The summed E-state index contributed by atoms with van der Waals surface area (Å²) in [6, 6.07) is 12.1. The van der Waals surface area contributed by atoms with E-state index in [2.05, 4.69) is 15.0 Å². The van der Waals surface area contributed by atoms with Crippen LogP contribution in [0.3, 0.4) is 0 Å². The number of benzene rings is 2. The van der Waals surface area contributed by atoms with Gasteiger partial charge in [-0.15, -0.1) is 0 Å². The predicted octanol–water partition coefficient (Wildman–Crippen LogP) is 6.03. The van der Waals surface area contributed by atoms with Crippen LogP contribution in [0.25, 0.3) is 44.6 Å². The highest BCUT2D eigenvalue weighted by Crippen LogP contribution is 2.57. The molecule has 234 valence electrons. The highest BCUT2D eigenvalue weighted by atomic mass is 16.6. The molecule has 9 rings (SSSR count). The van der Waals surface area contributed by atoms with Gasteiger partial charge in [-0.2, -0.15) is 0 Å². The number of amides is 2. The number of H-pyrrole nitrogens is 2. The third-order valence-electron chi connectivity index (χ3n) is 10.2. The molecule has 0 bridgehead atoms. The lowest BCUT2D eigenvalue weighted by molar-refractivity contribution is 0.0175. The van der Waals surface area contributed by atoms with Crippen molar-refractivity contribution in [3.8, 4) is 22.5 Å². The van der Waals surface area contributed by atoms with Crippen LogP contribution in [-0.4, -0.2) is 81.2 Å². The number of aromatic amines is 2. The zero-order valence-electron chi connectivity index (χ0n) is 25.8. The average Bonchev–Trinajstić information content (AvgIpc) is 3.59. The average molecular weight is 619 g/mol. The van der Waals surface area contributed by atoms with Gasteiger partial charge in [-0.1, -0.05) is 12.1 Å². The predicted molar refractivity (Wildman–Crippen MR) is 169 cm³/mol. The van der Waals surface area contributed by atoms with Crippen LogP contribution >= 0.6 is 0 Å². The molecule has 2 aliphatic carbocycles. The van der Waals surface area contributed by atoms with Crippen molar-refractivity contribution in [2.75, 3.05) is 6.54 Å². The molecule has 5 heterocycles. The third kappa shape index (κ3) is 4.26. The van der Waals surface area contributed by atoms with Crippen molar-refractivity contribution in [3.63, 3.8) is 0 Å². The smallest absolute Gasteiger partial charge is 0.411 e. The minimum absolute atomic E-state index is 0.0117. The Hall–Kier alpha value is -5.00. The van der Waals surface area contributed by atoms with Gasteiger partial charge < -0.3 is 24.7 Å². The molecule has 4 fully saturated rings. The van der Waals surface area contributed by atoms with E-state index in [1.54, 1.807) is 6.20 Å². The second-order valence-corrected chi connectivity index (χ2v) is 14.3. The first-order valence-corrected chi connectivity index (χ1v) is 15.9. The fourth-order valence-corrected chi connectivity index (χ4v) is 7.70. The summed E-state index contributed by atoms with van der Waals surface area (Å²) < 4.78 is 5.73. The maximum atomic E-state index is 13.1. The minimum Gasteiger partial charge on any atom is -0.465 e. The largest absolute Gasteiger partial charge is 0.465 e. The third-order valence-corrected chi connectivity index (χ3v) is 10.2. The van der Waals surface area contributed by atoms with Gasteiger partial charge in [0.15, 0.2) is 0 Å². The van der Waals surface area contributed by atoms with Gasteiger partial charge in [0.1, 0.15) is 17.2 Å². The lowest BCUT2D eigenvalue weighted by Gasteiger charge is -2.29. The number of imidazole rings is 2. The number of fused-ring (bicyclic) bond motifs is 4. The number of hydrogen-bond donors (Lipinski definition) is 3. The summed E-state index contributed by atoms with van der Waals surface area (Å²) in [7, 11) is 0. The molecule has 2 aromatic carbocycles. The molecular weight excluding hydrogens is 584 g/mol. The summed E-state index contributed by atoms with van der Waals surface area (Å²) in [5, 5.41) is 9.46. The molecule has 12 heteroatoms. The lowest BCUT2D eigenvalue weighted by Crippen LogP contribution is -2.38. The number of carbonyl (C=O) groups is 2. The molecule has 2 amide bonds. The van der Waals surface area contributed by atoms with E-state index in [4.69, 9.17) is 19.7 Å². The van der Waals surface area contributed by atoms with Crippen LogP contribution in [0.1, 0.15) is 64.1 Å². The van der Waals surface area contributed by atoms with Crippen LogP contribution in [0.15, 0.2) is 48.8 Å². The van der Waals surface area contributed by atoms with Gasteiger partial charge >= 0.3 is 12.2 Å². The van der Waals surface area contributed by atoms with Crippen molar-refractivity contribution in [2.24, 2.45) is 5.92 Å². The Bertz CT molecular complexity index is 2080. The van der Waals surface area contributed by atoms with Crippen molar-refractivity contribution in [2.45, 2.75) is 75.6 Å². The SMILES string of the molecule is CC(C)(C)OC(=O)N1[C@@H]2C[C@@H]2C[C@H]1c1nc2ccc(-c3cnc4cc(-c5cnc(C67CCN(C(=O)O)C6C7)[nH]5)ccc4n3)cc2[nH]1. The maximum absolute atomic E-state index is 13.1. The Morgan fingerprint density at radius 1 is 0.978 bits per heavy atom. The Labute approximate surface area is 264 Å². The van der Waals surface area contributed by atoms with E-state index in [9.17, 15) is 14.7 Å². The quantitative estimate of drug-likeness (QED) is 0.221. The molecule has 3 N–H and O–H groups in total. The second kappa shape index (κ2) is 9.27. The number of carboxylic acid groups (broad SMARTS) is 1. The van der Waals surface area contributed by atoms with Crippen LogP contribution in [-0.2, 0) is 10.2 Å². The number of nitrogens with zero attached hydrogens (tertiary/aromatic N) is 6. The van der Waals surface area contributed by atoms with E-state index in [1.165, 1.54) is 4.90 Å². The number of aromatic nitrogens is 6. The van der Waals surface area contributed by atoms with Crippen molar-refractivity contribution in [1.29, 1.82) is 0 Å². The summed E-state index contributed by atoms with van der Waals surface area (Å²) in [4.78, 5) is 54.1. The van der Waals surface area contributed by atoms with Crippen LogP contribution in [0.5, 0.6) is 0 Å². The first-order valence-electron chi connectivity index (χ1n) is 15.9. The van der Waals surface area contributed by atoms with E-state index in [0.29, 0.717) is 12.5 Å². The molecule has 0 radical (unpaired) electrons. The molecule has 2 saturated carbocycles. The van der Waals surface area contributed by atoms with Gasteiger partial charge in [0, 0.05) is 29.8 Å². The summed E-state index contributed by atoms with van der Waals surface area (Å²) in [6.07, 6.45) is 5.99. The first-order chi connectivity index (χ1) is 22.1. The Kier molecular flexibility index (Phi) is 5.51. The molecule has 5 aromatic rings. The Morgan fingerprint density at radius 3 is 2.59 bits per heavy atom. The van der Waals surface area contributed by atoms with Crippen molar-refractivity contribution >= 4 is 34.3 Å². The Balaban J connectivity index is 0.958. The fraction of sp³-hybridized carbons (Fsp3) is 0.412. The van der Waals surface area contributed by atoms with Crippen molar-refractivity contribution in [1.82, 2.24) is 39.7 Å². The van der Waals surface area contributed by atoms with E-state index in [-0.39, 0.29) is 29.6 Å². The summed E-state index contributed by atoms with van der Waals surface area (Å²) in [5.41, 5.74) is 6.03. The second-order valence-electron chi connectivity index (χ2n) is 14.3. The highest BCUT2D eigenvalue weighted by molar-refractivity contribution is 5.85. The molecule has 0 spiro atoms. The number of piperidine rings is 2. The highest BCUT2D eigenvalue weighted by Gasteiger charge is 2.65. The zero-order valence-corrected chi connectivity index (χ0v) is 25.8. The van der Waals surface area contributed by atoms with Crippen LogP contribution in [0.4, 0.5) is 9.59 Å². The molecule has 46 heavy (non-hydrogen) atoms. The van der Waals surface area contributed by atoms with Crippen LogP contribution in [0, 0.1) is 5.92 Å². The van der Waals surface area contributed by atoms with Crippen molar-refractivity contribution < 1.29 is 19.4 Å².